The van der Waals surface area contributed by atoms with Crippen molar-refractivity contribution in [3.63, 3.8) is 0 Å². The molecule has 0 radical (unpaired) electrons. The second-order valence-electron chi connectivity index (χ2n) is 3.75. The molecule has 16 heavy (non-hydrogen) atoms. The Morgan fingerprint density at radius 2 is 2.25 bits per heavy atom. The van der Waals surface area contributed by atoms with Crippen molar-refractivity contribution >= 4 is 5.71 Å². The van der Waals surface area contributed by atoms with Crippen LogP contribution in [0.2, 0.25) is 0 Å². The first-order chi connectivity index (χ1) is 7.75. The van der Waals surface area contributed by atoms with Crippen molar-refractivity contribution in [2.45, 2.75) is 19.6 Å². The van der Waals surface area contributed by atoms with Gasteiger partial charge in [-0.2, -0.15) is 0 Å². The summed E-state index contributed by atoms with van der Waals surface area (Å²) in [6.07, 6.45) is 6.74. The van der Waals surface area contributed by atoms with Gasteiger partial charge in [-0.05, 0) is 31.2 Å². The quantitative estimate of drug-likeness (QED) is 0.817. The van der Waals surface area contributed by atoms with Crippen molar-refractivity contribution in [2.24, 2.45) is 4.99 Å². The molecule has 0 saturated heterocycles. The molecule has 1 aromatic heterocycles. The number of aliphatic hydroxyl groups is 1. The average molecular weight is 214 g/mol. The molecule has 0 bridgehead atoms. The molecule has 0 aliphatic heterocycles. The third kappa shape index (κ3) is 2.64. The molecule has 1 aromatic rings. The Labute approximate surface area is 94.9 Å². The molecule has 1 aliphatic rings. The highest BCUT2D eigenvalue weighted by molar-refractivity contribution is 6.01. The van der Waals surface area contributed by atoms with Gasteiger partial charge in [-0.1, -0.05) is 17.7 Å². The number of aromatic nitrogens is 1. The first kappa shape index (κ1) is 10.8. The monoisotopic (exact) mass is 214 g/mol. The highest BCUT2D eigenvalue weighted by Gasteiger charge is 2.10. The molecule has 0 saturated carbocycles. The smallest absolute Gasteiger partial charge is 0.114 e. The Hall–Kier alpha value is -1.74. The molecule has 82 valence electrons. The lowest BCUT2D eigenvalue weighted by molar-refractivity contribution is 0.288. The zero-order chi connectivity index (χ0) is 11.4. The molecule has 1 atom stereocenters. The number of hydrogen-bond donors (Lipinski definition) is 1. The minimum Gasteiger partial charge on any atom is -0.383 e. The lowest BCUT2D eigenvalue weighted by atomic mass is 10.0. The lowest BCUT2D eigenvalue weighted by Gasteiger charge is -2.11. The molecule has 0 amide bonds. The molecule has 0 spiro atoms. The Bertz CT molecular complexity index is 446. The summed E-state index contributed by atoms with van der Waals surface area (Å²) in [5.41, 5.74) is 2.66. The molecule has 1 heterocycles. The van der Waals surface area contributed by atoms with Gasteiger partial charge < -0.3 is 5.11 Å². The van der Waals surface area contributed by atoms with E-state index in [4.69, 9.17) is 0 Å². The van der Waals surface area contributed by atoms with Crippen molar-refractivity contribution in [1.82, 2.24) is 4.98 Å². The molecule has 0 aromatic carbocycles. The van der Waals surface area contributed by atoms with Gasteiger partial charge in [0.05, 0.1) is 18.0 Å². The summed E-state index contributed by atoms with van der Waals surface area (Å²) in [5.74, 6) is 0. The number of rotatable bonds is 2. The number of aliphatic imine (C=N–C) groups is 1. The van der Waals surface area contributed by atoms with E-state index in [1.807, 2.05) is 37.3 Å². The van der Waals surface area contributed by atoms with Crippen molar-refractivity contribution in [3.05, 3.63) is 53.9 Å². The summed E-state index contributed by atoms with van der Waals surface area (Å²) >= 11 is 0. The van der Waals surface area contributed by atoms with Gasteiger partial charge >= 0.3 is 0 Å². The molecule has 2 rings (SSSR count). The van der Waals surface area contributed by atoms with E-state index in [-0.39, 0.29) is 0 Å². The van der Waals surface area contributed by atoms with Gasteiger partial charge in [0.2, 0.25) is 0 Å². The zero-order valence-corrected chi connectivity index (χ0v) is 9.17. The predicted molar refractivity (Wildman–Crippen MR) is 64.3 cm³/mol. The maximum atomic E-state index is 9.74. The van der Waals surface area contributed by atoms with Gasteiger partial charge in [0.25, 0.3) is 0 Å². The Balaban J connectivity index is 2.07. The standard InChI is InChI=1S/C13H14N2O/c1-10-5-6-12(13(16)8-10)15-9-11-4-2-3-7-14-11/h2-8,13,16H,9H2,1H3. The maximum absolute atomic E-state index is 9.74. The predicted octanol–water partition coefficient (Wildman–Crippen LogP) is 1.90. The lowest BCUT2D eigenvalue weighted by Crippen LogP contribution is -2.18. The summed E-state index contributed by atoms with van der Waals surface area (Å²) in [6.45, 7) is 2.46. The second kappa shape index (κ2) is 4.86. The number of allylic oxidation sites excluding steroid dienone is 2. The summed E-state index contributed by atoms with van der Waals surface area (Å²) in [5, 5.41) is 9.74. The summed E-state index contributed by atoms with van der Waals surface area (Å²) in [4.78, 5) is 8.52. The molecule has 1 unspecified atom stereocenters. The van der Waals surface area contributed by atoms with Crippen LogP contribution in [0.15, 0.2) is 53.2 Å². The zero-order valence-electron chi connectivity index (χ0n) is 9.17. The van der Waals surface area contributed by atoms with E-state index in [0.717, 1.165) is 11.3 Å². The summed E-state index contributed by atoms with van der Waals surface area (Å²) in [6, 6.07) is 5.72. The van der Waals surface area contributed by atoms with Crippen molar-refractivity contribution in [3.8, 4) is 0 Å². The molecule has 1 aliphatic carbocycles. The van der Waals surface area contributed by atoms with Crippen LogP contribution in [0.1, 0.15) is 12.6 Å². The van der Waals surface area contributed by atoms with E-state index >= 15 is 0 Å². The normalized spacial score (nSPS) is 22.2. The second-order valence-corrected chi connectivity index (χ2v) is 3.75. The number of aliphatic hydroxyl groups excluding tert-OH is 1. The number of hydrogen-bond acceptors (Lipinski definition) is 3. The molecule has 0 fully saturated rings. The number of pyridine rings is 1. The fourth-order valence-electron chi connectivity index (χ4n) is 1.52. The Kier molecular flexibility index (Phi) is 3.27. The van der Waals surface area contributed by atoms with Crippen LogP contribution >= 0.6 is 0 Å². The van der Waals surface area contributed by atoms with Crippen LogP contribution in [0.3, 0.4) is 0 Å². The summed E-state index contributed by atoms with van der Waals surface area (Å²) < 4.78 is 0. The molecule has 3 nitrogen and oxygen atoms in total. The summed E-state index contributed by atoms with van der Waals surface area (Å²) in [7, 11) is 0. The van der Waals surface area contributed by atoms with E-state index in [2.05, 4.69) is 9.98 Å². The first-order valence-electron chi connectivity index (χ1n) is 5.24. The topological polar surface area (TPSA) is 45.5 Å². The Morgan fingerprint density at radius 1 is 1.38 bits per heavy atom. The largest absolute Gasteiger partial charge is 0.383 e. The molecular formula is C13H14N2O. The van der Waals surface area contributed by atoms with Gasteiger partial charge in [0.1, 0.15) is 6.10 Å². The molecule has 3 heteroatoms. The SMILES string of the molecule is CC1=CC(O)C(=NCc2ccccn2)C=C1. The highest BCUT2D eigenvalue weighted by Crippen LogP contribution is 2.09. The van der Waals surface area contributed by atoms with E-state index in [9.17, 15) is 5.11 Å². The molecular weight excluding hydrogens is 200 g/mol. The van der Waals surface area contributed by atoms with Gasteiger partial charge in [-0.15, -0.1) is 0 Å². The van der Waals surface area contributed by atoms with Crippen LogP contribution in [-0.2, 0) is 6.54 Å². The van der Waals surface area contributed by atoms with Gasteiger partial charge in [0.15, 0.2) is 0 Å². The van der Waals surface area contributed by atoms with Crippen molar-refractivity contribution in [1.29, 1.82) is 0 Å². The minimum atomic E-state index is -0.589. The van der Waals surface area contributed by atoms with Crippen LogP contribution < -0.4 is 0 Å². The Morgan fingerprint density at radius 3 is 2.94 bits per heavy atom. The minimum absolute atomic E-state index is 0.504. The van der Waals surface area contributed by atoms with E-state index < -0.39 is 6.10 Å². The molecule has 1 N–H and O–H groups in total. The van der Waals surface area contributed by atoms with E-state index in [1.54, 1.807) is 12.3 Å². The maximum Gasteiger partial charge on any atom is 0.114 e. The number of nitrogens with zero attached hydrogens (tertiary/aromatic N) is 2. The van der Waals surface area contributed by atoms with Crippen LogP contribution in [0, 0.1) is 0 Å². The van der Waals surface area contributed by atoms with Gasteiger partial charge in [-0.25, -0.2) is 0 Å². The van der Waals surface area contributed by atoms with Gasteiger partial charge in [-0.3, -0.25) is 9.98 Å². The van der Waals surface area contributed by atoms with Crippen LogP contribution in [0.4, 0.5) is 0 Å². The van der Waals surface area contributed by atoms with Crippen LogP contribution in [-0.4, -0.2) is 21.9 Å². The third-order valence-electron chi connectivity index (χ3n) is 2.39. The van der Waals surface area contributed by atoms with E-state index in [1.165, 1.54) is 0 Å². The van der Waals surface area contributed by atoms with Crippen molar-refractivity contribution < 1.29 is 5.11 Å². The van der Waals surface area contributed by atoms with Crippen LogP contribution in [0.25, 0.3) is 0 Å². The van der Waals surface area contributed by atoms with E-state index in [0.29, 0.717) is 12.3 Å². The third-order valence-corrected chi connectivity index (χ3v) is 2.39. The fraction of sp³-hybridized carbons (Fsp3) is 0.231. The fourth-order valence-corrected chi connectivity index (χ4v) is 1.52. The average Bonchev–Trinajstić information content (AvgIpc) is 2.29. The highest BCUT2D eigenvalue weighted by atomic mass is 16.3. The first-order valence-corrected chi connectivity index (χ1v) is 5.24. The van der Waals surface area contributed by atoms with Crippen molar-refractivity contribution in [2.75, 3.05) is 0 Å². The van der Waals surface area contributed by atoms with Crippen LogP contribution in [0.5, 0.6) is 0 Å². The van der Waals surface area contributed by atoms with Gasteiger partial charge in [0, 0.05) is 6.20 Å².